The summed E-state index contributed by atoms with van der Waals surface area (Å²) in [6.45, 7) is 1.85. The van der Waals surface area contributed by atoms with Crippen LogP contribution < -0.4 is 10.2 Å². The lowest BCUT2D eigenvalue weighted by Gasteiger charge is -2.10. The predicted octanol–water partition coefficient (Wildman–Crippen LogP) is 3.70. The molecule has 3 aromatic rings. The topological polar surface area (TPSA) is 71.0 Å². The molecule has 1 aliphatic carbocycles. The van der Waals surface area contributed by atoms with Gasteiger partial charge in [0.1, 0.15) is 9.88 Å². The van der Waals surface area contributed by atoms with Gasteiger partial charge in [-0.3, -0.25) is 10.1 Å². The summed E-state index contributed by atoms with van der Waals surface area (Å²) >= 11 is 2.83. The van der Waals surface area contributed by atoms with Crippen LogP contribution in [0.25, 0.3) is 0 Å². The van der Waals surface area contributed by atoms with E-state index < -0.39 is 0 Å². The van der Waals surface area contributed by atoms with Gasteiger partial charge in [0, 0.05) is 19.5 Å². The lowest BCUT2D eigenvalue weighted by Crippen LogP contribution is -2.11. The summed E-state index contributed by atoms with van der Waals surface area (Å²) < 4.78 is 0. The molecule has 1 saturated carbocycles. The number of carbonyl (C=O) groups excluding carboxylic acids is 1. The van der Waals surface area contributed by atoms with E-state index in [1.54, 1.807) is 0 Å². The summed E-state index contributed by atoms with van der Waals surface area (Å²) in [7, 11) is 3.82. The van der Waals surface area contributed by atoms with Crippen LogP contribution in [-0.2, 0) is 5.41 Å². The molecular weight excluding hydrogens is 366 g/mol. The van der Waals surface area contributed by atoms with Crippen molar-refractivity contribution in [3.05, 3.63) is 51.5 Å². The zero-order valence-corrected chi connectivity index (χ0v) is 16.4. The summed E-state index contributed by atoms with van der Waals surface area (Å²) in [6, 6.07) is 10.4. The van der Waals surface area contributed by atoms with Gasteiger partial charge in [-0.2, -0.15) is 0 Å². The Morgan fingerprint density at radius 2 is 1.88 bits per heavy atom. The van der Waals surface area contributed by atoms with Crippen LogP contribution >= 0.6 is 22.7 Å². The van der Waals surface area contributed by atoms with E-state index in [2.05, 4.69) is 32.6 Å². The molecule has 2 heterocycles. The summed E-state index contributed by atoms with van der Waals surface area (Å²) in [5.74, 6) is -0.180. The minimum atomic E-state index is -0.180. The monoisotopic (exact) mass is 385 g/mol. The van der Waals surface area contributed by atoms with Gasteiger partial charge in [0.05, 0.1) is 5.69 Å². The van der Waals surface area contributed by atoms with Crippen LogP contribution in [0.5, 0.6) is 0 Å². The Balaban J connectivity index is 1.53. The average molecular weight is 386 g/mol. The number of amides is 1. The number of thiazole rings is 1. The Bertz CT molecular complexity index is 944. The maximum absolute atomic E-state index is 12.6. The molecule has 0 radical (unpaired) electrons. The molecule has 1 N–H and O–H groups in total. The highest BCUT2D eigenvalue weighted by Gasteiger charge is 2.48. The first-order valence-electron chi connectivity index (χ1n) is 8.35. The Labute approximate surface area is 159 Å². The van der Waals surface area contributed by atoms with Gasteiger partial charge in [0.15, 0.2) is 5.13 Å². The third-order valence-electron chi connectivity index (χ3n) is 4.51. The number of rotatable bonds is 5. The molecule has 0 aliphatic heterocycles. The summed E-state index contributed by atoms with van der Waals surface area (Å²) in [5.41, 5.74) is 1.97. The normalized spacial score (nSPS) is 14.9. The minimum Gasteiger partial charge on any atom is -0.354 e. The first kappa shape index (κ1) is 17.1. The predicted molar refractivity (Wildman–Crippen MR) is 105 cm³/mol. The largest absolute Gasteiger partial charge is 0.354 e. The number of hydrogen-bond donors (Lipinski definition) is 1. The van der Waals surface area contributed by atoms with Gasteiger partial charge in [-0.25, -0.2) is 4.98 Å². The highest BCUT2D eigenvalue weighted by atomic mass is 32.1. The Morgan fingerprint density at radius 3 is 2.50 bits per heavy atom. The standard InChI is InChI=1S/C18H19N5OS2/c1-11-13(25-17(19-11)23(2)3)14(24)20-16-22-21-15(26-16)18(9-10-18)12-7-5-4-6-8-12/h4-8H,9-10H2,1-3H3,(H,20,22,24). The van der Waals surface area contributed by atoms with Crippen molar-refractivity contribution in [2.45, 2.75) is 25.2 Å². The Hall–Kier alpha value is -2.32. The molecule has 0 spiro atoms. The van der Waals surface area contributed by atoms with Gasteiger partial charge in [0.2, 0.25) is 5.13 Å². The molecule has 134 valence electrons. The number of hydrogen-bond acceptors (Lipinski definition) is 7. The average Bonchev–Trinajstić information content (AvgIpc) is 3.14. The molecule has 26 heavy (non-hydrogen) atoms. The number of nitrogens with zero attached hydrogens (tertiary/aromatic N) is 4. The fourth-order valence-corrected chi connectivity index (χ4v) is 4.81. The van der Waals surface area contributed by atoms with Crippen molar-refractivity contribution in [1.29, 1.82) is 0 Å². The quantitative estimate of drug-likeness (QED) is 0.725. The molecule has 1 aliphatic rings. The van der Waals surface area contributed by atoms with Gasteiger partial charge < -0.3 is 4.90 Å². The molecule has 2 aromatic heterocycles. The van der Waals surface area contributed by atoms with E-state index in [9.17, 15) is 4.79 Å². The van der Waals surface area contributed by atoms with Crippen LogP contribution in [0.3, 0.4) is 0 Å². The van der Waals surface area contributed by atoms with E-state index in [1.165, 1.54) is 28.2 Å². The maximum atomic E-state index is 12.6. The van der Waals surface area contributed by atoms with Crippen molar-refractivity contribution < 1.29 is 4.79 Å². The van der Waals surface area contributed by atoms with Crippen LogP contribution in [-0.4, -0.2) is 35.2 Å². The molecule has 1 aromatic carbocycles. The highest BCUT2D eigenvalue weighted by molar-refractivity contribution is 7.18. The van der Waals surface area contributed by atoms with Gasteiger partial charge in [-0.15, -0.1) is 10.2 Å². The smallest absolute Gasteiger partial charge is 0.269 e. The Morgan fingerprint density at radius 1 is 1.15 bits per heavy atom. The molecule has 8 heteroatoms. The third kappa shape index (κ3) is 2.99. The lowest BCUT2D eigenvalue weighted by molar-refractivity contribution is 0.102. The van der Waals surface area contributed by atoms with Crippen molar-refractivity contribution in [2.75, 3.05) is 24.3 Å². The van der Waals surface area contributed by atoms with Crippen molar-refractivity contribution in [3.8, 4) is 0 Å². The second-order valence-corrected chi connectivity index (χ2v) is 8.58. The van der Waals surface area contributed by atoms with Crippen LogP contribution in [0.15, 0.2) is 30.3 Å². The van der Waals surface area contributed by atoms with Gasteiger partial charge in [-0.1, -0.05) is 53.0 Å². The molecule has 0 unspecified atom stereocenters. The number of anilines is 2. The van der Waals surface area contributed by atoms with E-state index in [4.69, 9.17) is 0 Å². The van der Waals surface area contributed by atoms with E-state index in [0.717, 1.165) is 28.7 Å². The number of nitrogens with one attached hydrogen (secondary N) is 1. The fraction of sp³-hybridized carbons (Fsp3) is 0.333. The third-order valence-corrected chi connectivity index (χ3v) is 6.87. The van der Waals surface area contributed by atoms with Crippen LogP contribution in [0.1, 0.15) is 38.8 Å². The van der Waals surface area contributed by atoms with Gasteiger partial charge in [0.25, 0.3) is 5.91 Å². The zero-order valence-electron chi connectivity index (χ0n) is 14.8. The van der Waals surface area contributed by atoms with Crippen molar-refractivity contribution in [1.82, 2.24) is 15.2 Å². The van der Waals surface area contributed by atoms with E-state index >= 15 is 0 Å². The lowest BCUT2D eigenvalue weighted by atomic mass is 9.97. The van der Waals surface area contributed by atoms with Gasteiger partial charge >= 0.3 is 0 Å². The molecule has 0 atom stereocenters. The SMILES string of the molecule is Cc1nc(N(C)C)sc1C(=O)Nc1nnc(C2(c3ccccc3)CC2)s1. The van der Waals surface area contributed by atoms with E-state index in [0.29, 0.717) is 10.0 Å². The van der Waals surface area contributed by atoms with Crippen molar-refractivity contribution >= 4 is 38.8 Å². The zero-order chi connectivity index (χ0) is 18.3. The maximum Gasteiger partial charge on any atom is 0.269 e. The molecule has 6 nitrogen and oxygen atoms in total. The first-order chi connectivity index (χ1) is 12.5. The number of carbonyl (C=O) groups is 1. The molecule has 0 saturated heterocycles. The summed E-state index contributed by atoms with van der Waals surface area (Å²) in [5, 5.41) is 13.8. The minimum absolute atomic E-state index is 0.0274. The molecular formula is C18H19N5OS2. The van der Waals surface area contributed by atoms with E-state index in [-0.39, 0.29) is 11.3 Å². The van der Waals surface area contributed by atoms with Crippen molar-refractivity contribution in [2.24, 2.45) is 0 Å². The van der Waals surface area contributed by atoms with Gasteiger partial charge in [-0.05, 0) is 25.3 Å². The van der Waals surface area contributed by atoms with E-state index in [1.807, 2.05) is 44.1 Å². The molecule has 1 amide bonds. The number of aryl methyl sites for hydroxylation is 1. The molecule has 0 bridgehead atoms. The molecule has 4 rings (SSSR count). The highest BCUT2D eigenvalue weighted by Crippen LogP contribution is 2.54. The fourth-order valence-electron chi connectivity index (χ4n) is 2.91. The Kier molecular flexibility index (Phi) is 4.24. The second-order valence-electron chi connectivity index (χ2n) is 6.62. The number of benzene rings is 1. The molecule has 1 fully saturated rings. The van der Waals surface area contributed by atoms with Crippen molar-refractivity contribution in [3.63, 3.8) is 0 Å². The van der Waals surface area contributed by atoms with Crippen LogP contribution in [0.2, 0.25) is 0 Å². The first-order valence-corrected chi connectivity index (χ1v) is 9.98. The van der Waals surface area contributed by atoms with Crippen LogP contribution in [0, 0.1) is 6.92 Å². The second kappa shape index (κ2) is 6.44. The van der Waals surface area contributed by atoms with Crippen LogP contribution in [0.4, 0.5) is 10.3 Å². The number of aromatic nitrogens is 3. The summed E-state index contributed by atoms with van der Waals surface area (Å²) in [4.78, 5) is 19.5. The summed E-state index contributed by atoms with van der Waals surface area (Å²) in [6.07, 6.45) is 2.14.